The van der Waals surface area contributed by atoms with Gasteiger partial charge in [-0.1, -0.05) is 0 Å². The van der Waals surface area contributed by atoms with Crippen molar-refractivity contribution in [2.75, 3.05) is 0 Å². The lowest BCUT2D eigenvalue weighted by Crippen LogP contribution is -2.38. The van der Waals surface area contributed by atoms with Gasteiger partial charge in [-0.25, -0.2) is 0 Å². The minimum absolute atomic E-state index is 0.693. The van der Waals surface area contributed by atoms with Crippen molar-refractivity contribution in [2.24, 2.45) is 11.8 Å². The summed E-state index contributed by atoms with van der Waals surface area (Å²) >= 11 is 5.22. The summed E-state index contributed by atoms with van der Waals surface area (Å²) in [6.07, 6.45) is 6.89. The average Bonchev–Trinajstić information content (AvgIpc) is 2.91. The van der Waals surface area contributed by atoms with Crippen molar-refractivity contribution in [1.29, 1.82) is 0 Å². The quantitative estimate of drug-likeness (QED) is 0.667. The second-order valence-corrected chi connectivity index (χ2v) is 5.14. The van der Waals surface area contributed by atoms with E-state index in [0.29, 0.717) is 12.1 Å². The van der Waals surface area contributed by atoms with Crippen molar-refractivity contribution in [3.63, 3.8) is 0 Å². The van der Waals surface area contributed by atoms with Gasteiger partial charge >= 0.3 is 0 Å². The first-order valence-electron chi connectivity index (χ1n) is 5.40. The van der Waals surface area contributed by atoms with Crippen LogP contribution in [0.25, 0.3) is 0 Å². The van der Waals surface area contributed by atoms with Crippen LogP contribution < -0.4 is 10.6 Å². The molecule has 2 atom stereocenters. The molecule has 72 valence electrons. The van der Waals surface area contributed by atoms with Gasteiger partial charge in [0.05, 0.1) is 0 Å². The van der Waals surface area contributed by atoms with Crippen LogP contribution in [0.4, 0.5) is 0 Å². The highest BCUT2D eigenvalue weighted by Gasteiger charge is 2.47. The molecular weight excluding hydrogens is 180 g/mol. The summed E-state index contributed by atoms with van der Waals surface area (Å²) in [4.78, 5) is 0. The van der Waals surface area contributed by atoms with Crippen molar-refractivity contribution in [1.82, 2.24) is 10.6 Å². The third-order valence-electron chi connectivity index (χ3n) is 3.30. The van der Waals surface area contributed by atoms with Crippen LogP contribution in [-0.4, -0.2) is 17.2 Å². The molecule has 0 heterocycles. The van der Waals surface area contributed by atoms with Gasteiger partial charge in [-0.05, 0) is 56.2 Å². The molecule has 3 aliphatic carbocycles. The van der Waals surface area contributed by atoms with Gasteiger partial charge in [-0.15, -0.1) is 0 Å². The highest BCUT2D eigenvalue weighted by Crippen LogP contribution is 2.49. The fourth-order valence-corrected chi connectivity index (χ4v) is 2.37. The summed E-state index contributed by atoms with van der Waals surface area (Å²) in [6, 6.07) is 1.41. The maximum Gasteiger partial charge on any atom is 0.166 e. The Morgan fingerprint density at radius 2 is 1.85 bits per heavy atom. The number of hydrogen-bond acceptors (Lipinski definition) is 1. The molecule has 0 spiro atoms. The van der Waals surface area contributed by atoms with Gasteiger partial charge in [-0.2, -0.15) is 0 Å². The Morgan fingerprint density at radius 1 is 1.08 bits per heavy atom. The van der Waals surface area contributed by atoms with E-state index in [1.165, 1.54) is 32.1 Å². The van der Waals surface area contributed by atoms with Gasteiger partial charge in [0.25, 0.3) is 0 Å². The van der Waals surface area contributed by atoms with E-state index in [1.54, 1.807) is 0 Å². The van der Waals surface area contributed by atoms with E-state index in [9.17, 15) is 0 Å². The maximum atomic E-state index is 5.22. The van der Waals surface area contributed by atoms with E-state index in [4.69, 9.17) is 12.2 Å². The molecule has 3 saturated carbocycles. The standard InChI is InChI=1S/C10H16N2S/c13-10(11-7-3-4-7)12-9-5-8(9)6-1-2-6/h6-9H,1-5H2,(H2,11,12,13). The van der Waals surface area contributed by atoms with Crippen LogP contribution in [0.2, 0.25) is 0 Å². The second-order valence-electron chi connectivity index (χ2n) is 4.74. The SMILES string of the molecule is S=C(NC1CC1)NC1CC1C1CC1. The highest BCUT2D eigenvalue weighted by atomic mass is 32.1. The van der Waals surface area contributed by atoms with Gasteiger partial charge in [0, 0.05) is 12.1 Å². The minimum Gasteiger partial charge on any atom is -0.360 e. The molecule has 0 bridgehead atoms. The molecule has 3 fully saturated rings. The Bertz CT molecular complexity index is 233. The molecule has 0 saturated heterocycles. The predicted octanol–water partition coefficient (Wildman–Crippen LogP) is 1.41. The van der Waals surface area contributed by atoms with Crippen LogP contribution in [0.5, 0.6) is 0 Å². The summed E-state index contributed by atoms with van der Waals surface area (Å²) in [6.45, 7) is 0. The summed E-state index contributed by atoms with van der Waals surface area (Å²) in [7, 11) is 0. The molecule has 0 amide bonds. The normalized spacial score (nSPS) is 36.9. The summed E-state index contributed by atoms with van der Waals surface area (Å²) < 4.78 is 0. The Morgan fingerprint density at radius 3 is 2.46 bits per heavy atom. The lowest BCUT2D eigenvalue weighted by molar-refractivity contribution is 0.657. The van der Waals surface area contributed by atoms with Crippen molar-refractivity contribution in [2.45, 2.75) is 44.2 Å². The molecule has 0 radical (unpaired) electrons. The van der Waals surface area contributed by atoms with Crippen LogP contribution in [-0.2, 0) is 0 Å². The van der Waals surface area contributed by atoms with E-state index in [2.05, 4.69) is 10.6 Å². The first-order valence-corrected chi connectivity index (χ1v) is 5.81. The number of hydrogen-bond donors (Lipinski definition) is 2. The van der Waals surface area contributed by atoms with E-state index in [-0.39, 0.29) is 0 Å². The molecule has 3 aliphatic rings. The number of rotatable bonds is 3. The first kappa shape index (κ1) is 8.04. The molecular formula is C10H16N2S. The maximum absolute atomic E-state index is 5.22. The molecule has 2 unspecified atom stereocenters. The summed E-state index contributed by atoms with van der Waals surface area (Å²) in [5, 5.41) is 7.64. The largest absolute Gasteiger partial charge is 0.360 e. The zero-order valence-electron chi connectivity index (χ0n) is 7.75. The third kappa shape index (κ3) is 1.96. The van der Waals surface area contributed by atoms with E-state index >= 15 is 0 Å². The third-order valence-corrected chi connectivity index (χ3v) is 3.53. The second kappa shape index (κ2) is 2.84. The Kier molecular flexibility index (Phi) is 1.76. The zero-order valence-corrected chi connectivity index (χ0v) is 8.57. The monoisotopic (exact) mass is 196 g/mol. The first-order chi connectivity index (χ1) is 6.33. The van der Waals surface area contributed by atoms with Crippen LogP contribution >= 0.6 is 12.2 Å². The van der Waals surface area contributed by atoms with E-state index in [0.717, 1.165) is 16.9 Å². The van der Waals surface area contributed by atoms with Crippen LogP contribution in [0.3, 0.4) is 0 Å². The van der Waals surface area contributed by atoms with Crippen LogP contribution in [0, 0.1) is 11.8 Å². The number of thiocarbonyl (C=S) groups is 1. The fraction of sp³-hybridized carbons (Fsp3) is 0.900. The molecule has 3 heteroatoms. The average molecular weight is 196 g/mol. The van der Waals surface area contributed by atoms with Gasteiger partial charge < -0.3 is 10.6 Å². The van der Waals surface area contributed by atoms with Gasteiger partial charge in [0.2, 0.25) is 0 Å². The molecule has 13 heavy (non-hydrogen) atoms. The van der Waals surface area contributed by atoms with Gasteiger partial charge in [0.1, 0.15) is 0 Å². The van der Waals surface area contributed by atoms with E-state index in [1.807, 2.05) is 0 Å². The Balaban J connectivity index is 1.39. The lowest BCUT2D eigenvalue weighted by atomic mass is 10.3. The van der Waals surface area contributed by atoms with Crippen molar-refractivity contribution >= 4 is 17.3 Å². The van der Waals surface area contributed by atoms with Crippen molar-refractivity contribution in [3.8, 4) is 0 Å². The molecule has 2 N–H and O–H groups in total. The predicted molar refractivity (Wildman–Crippen MR) is 56.5 cm³/mol. The fourth-order valence-electron chi connectivity index (χ4n) is 2.05. The number of nitrogens with one attached hydrogen (secondary N) is 2. The smallest absolute Gasteiger partial charge is 0.166 e. The topological polar surface area (TPSA) is 24.1 Å². The molecule has 0 aromatic rings. The van der Waals surface area contributed by atoms with Gasteiger partial charge in [-0.3, -0.25) is 0 Å². The molecule has 3 rings (SSSR count). The highest BCUT2D eigenvalue weighted by molar-refractivity contribution is 7.80. The van der Waals surface area contributed by atoms with Crippen LogP contribution in [0.15, 0.2) is 0 Å². The van der Waals surface area contributed by atoms with Crippen LogP contribution in [0.1, 0.15) is 32.1 Å². The Labute approximate surface area is 84.5 Å². The molecule has 0 aliphatic heterocycles. The van der Waals surface area contributed by atoms with Gasteiger partial charge in [0.15, 0.2) is 5.11 Å². The zero-order chi connectivity index (χ0) is 8.84. The Hall–Kier alpha value is -0.310. The van der Waals surface area contributed by atoms with Crippen molar-refractivity contribution in [3.05, 3.63) is 0 Å². The lowest BCUT2D eigenvalue weighted by Gasteiger charge is -2.08. The molecule has 0 aromatic carbocycles. The summed E-state index contributed by atoms with van der Waals surface area (Å²) in [5.41, 5.74) is 0. The minimum atomic E-state index is 0.693. The summed E-state index contributed by atoms with van der Waals surface area (Å²) in [5.74, 6) is 2.00. The van der Waals surface area contributed by atoms with E-state index < -0.39 is 0 Å². The molecule has 0 aromatic heterocycles. The van der Waals surface area contributed by atoms with Crippen molar-refractivity contribution < 1.29 is 0 Å². The molecule has 2 nitrogen and oxygen atoms in total.